The van der Waals surface area contributed by atoms with E-state index in [1.807, 2.05) is 6.92 Å². The predicted molar refractivity (Wildman–Crippen MR) is 55.3 cm³/mol. The van der Waals surface area contributed by atoms with Crippen LogP contribution in [0.5, 0.6) is 0 Å². The first kappa shape index (κ1) is 12.6. The molecule has 0 bridgehead atoms. The highest BCUT2D eigenvalue weighted by Crippen LogP contribution is 2.33. The lowest BCUT2D eigenvalue weighted by Gasteiger charge is -2.11. The van der Waals surface area contributed by atoms with E-state index in [4.69, 9.17) is 10.8 Å². The van der Waals surface area contributed by atoms with Gasteiger partial charge in [0.05, 0.1) is 0 Å². The number of carbonyl (C=O) groups excluding carboxylic acids is 2. The molecule has 0 aromatic heterocycles. The SMILES string of the molecule is CCN.O=C(O)C1CC2CCC(=O)N2C1=O. The lowest BCUT2D eigenvalue weighted by Crippen LogP contribution is -2.34. The molecule has 2 heterocycles. The summed E-state index contributed by atoms with van der Waals surface area (Å²) < 4.78 is 0. The van der Waals surface area contributed by atoms with Crippen LogP contribution in [0.1, 0.15) is 26.2 Å². The molecule has 16 heavy (non-hydrogen) atoms. The highest BCUT2D eigenvalue weighted by atomic mass is 16.4. The number of carboxylic acids is 1. The van der Waals surface area contributed by atoms with Crippen molar-refractivity contribution in [2.24, 2.45) is 11.7 Å². The Balaban J connectivity index is 0.000000386. The van der Waals surface area contributed by atoms with Gasteiger partial charge < -0.3 is 10.8 Å². The second-order valence-electron chi connectivity index (χ2n) is 3.83. The van der Waals surface area contributed by atoms with Crippen LogP contribution in [0, 0.1) is 5.92 Å². The van der Waals surface area contributed by atoms with Crippen molar-refractivity contribution in [2.45, 2.75) is 32.2 Å². The maximum atomic E-state index is 11.4. The van der Waals surface area contributed by atoms with Crippen molar-refractivity contribution in [1.82, 2.24) is 4.90 Å². The highest BCUT2D eigenvalue weighted by Gasteiger charge is 2.49. The van der Waals surface area contributed by atoms with Crippen LogP contribution in [0.4, 0.5) is 0 Å². The van der Waals surface area contributed by atoms with Crippen molar-refractivity contribution >= 4 is 17.8 Å². The molecule has 2 fully saturated rings. The van der Waals surface area contributed by atoms with E-state index in [0.29, 0.717) is 19.3 Å². The minimum Gasteiger partial charge on any atom is -0.481 e. The van der Waals surface area contributed by atoms with Gasteiger partial charge >= 0.3 is 5.97 Å². The molecule has 2 aliphatic rings. The molecule has 2 saturated heterocycles. The summed E-state index contributed by atoms with van der Waals surface area (Å²) in [7, 11) is 0. The summed E-state index contributed by atoms with van der Waals surface area (Å²) in [5, 5.41) is 8.67. The predicted octanol–water partition coefficient (Wildman–Crippen LogP) is -0.426. The monoisotopic (exact) mass is 228 g/mol. The Morgan fingerprint density at radius 3 is 2.56 bits per heavy atom. The van der Waals surface area contributed by atoms with E-state index in [1.54, 1.807) is 0 Å². The molecule has 2 aliphatic heterocycles. The average molecular weight is 228 g/mol. The van der Waals surface area contributed by atoms with Gasteiger partial charge in [0.25, 0.3) is 0 Å². The number of aliphatic carboxylic acids is 1. The Morgan fingerprint density at radius 2 is 2.12 bits per heavy atom. The molecule has 6 nitrogen and oxygen atoms in total. The molecule has 2 amide bonds. The van der Waals surface area contributed by atoms with Gasteiger partial charge in [-0.05, 0) is 19.4 Å². The van der Waals surface area contributed by atoms with Gasteiger partial charge in [-0.3, -0.25) is 19.3 Å². The normalized spacial score (nSPS) is 27.5. The lowest BCUT2D eigenvalue weighted by atomic mass is 10.0. The van der Waals surface area contributed by atoms with E-state index in [1.165, 1.54) is 0 Å². The first-order valence-corrected chi connectivity index (χ1v) is 5.31. The van der Waals surface area contributed by atoms with Crippen molar-refractivity contribution < 1.29 is 19.5 Å². The molecular weight excluding hydrogens is 212 g/mol. The summed E-state index contributed by atoms with van der Waals surface area (Å²) in [5.41, 5.74) is 4.85. The van der Waals surface area contributed by atoms with Crippen molar-refractivity contribution in [3.8, 4) is 0 Å². The standard InChI is InChI=1S/C8H9NO4.C2H7N/c10-6-2-1-4-3-5(8(12)13)7(11)9(4)6;1-2-3/h4-5H,1-3H2,(H,12,13);2-3H2,1H3. The summed E-state index contributed by atoms with van der Waals surface area (Å²) in [6, 6.07) is -0.152. The lowest BCUT2D eigenvalue weighted by molar-refractivity contribution is -0.149. The van der Waals surface area contributed by atoms with Gasteiger partial charge in [0.2, 0.25) is 11.8 Å². The Hall–Kier alpha value is -1.43. The maximum absolute atomic E-state index is 11.4. The fraction of sp³-hybridized carbons (Fsp3) is 0.700. The molecule has 2 unspecified atom stereocenters. The third-order valence-corrected chi connectivity index (χ3v) is 2.67. The van der Waals surface area contributed by atoms with E-state index in [9.17, 15) is 14.4 Å². The van der Waals surface area contributed by atoms with Crippen LogP contribution in [0.15, 0.2) is 0 Å². The average Bonchev–Trinajstić information content (AvgIpc) is 2.70. The number of amides is 2. The number of nitrogens with zero attached hydrogens (tertiary/aromatic N) is 1. The Kier molecular flexibility index (Phi) is 4.00. The summed E-state index contributed by atoms with van der Waals surface area (Å²) in [6.07, 6.45) is 1.29. The number of nitrogens with two attached hydrogens (primary N) is 1. The molecule has 0 aromatic rings. The van der Waals surface area contributed by atoms with Crippen molar-refractivity contribution in [1.29, 1.82) is 0 Å². The molecule has 0 aliphatic carbocycles. The number of hydrogen-bond acceptors (Lipinski definition) is 4. The number of carboxylic acid groups (broad SMARTS) is 1. The minimum absolute atomic E-state index is 0.152. The number of carbonyl (C=O) groups is 3. The fourth-order valence-electron chi connectivity index (χ4n) is 2.02. The topological polar surface area (TPSA) is 101 Å². The van der Waals surface area contributed by atoms with Crippen LogP contribution in [0.25, 0.3) is 0 Å². The third-order valence-electron chi connectivity index (χ3n) is 2.67. The quantitative estimate of drug-likeness (QED) is 0.468. The van der Waals surface area contributed by atoms with Crippen LogP contribution in [-0.2, 0) is 14.4 Å². The fourth-order valence-corrected chi connectivity index (χ4v) is 2.02. The molecule has 2 atom stereocenters. The third kappa shape index (κ3) is 2.21. The van der Waals surface area contributed by atoms with Crippen LogP contribution in [0.2, 0.25) is 0 Å². The van der Waals surface area contributed by atoms with E-state index >= 15 is 0 Å². The molecule has 3 N–H and O–H groups in total. The number of imide groups is 1. The number of fused-ring (bicyclic) bond motifs is 1. The largest absolute Gasteiger partial charge is 0.481 e. The number of hydrogen-bond donors (Lipinski definition) is 2. The van der Waals surface area contributed by atoms with Crippen molar-refractivity contribution in [3.05, 3.63) is 0 Å². The summed E-state index contributed by atoms with van der Waals surface area (Å²) >= 11 is 0. The molecule has 6 heteroatoms. The molecule has 0 radical (unpaired) electrons. The Morgan fingerprint density at radius 1 is 1.56 bits per heavy atom. The molecule has 0 spiro atoms. The van der Waals surface area contributed by atoms with Gasteiger partial charge in [0.15, 0.2) is 0 Å². The van der Waals surface area contributed by atoms with Crippen molar-refractivity contribution in [2.75, 3.05) is 6.54 Å². The zero-order valence-corrected chi connectivity index (χ0v) is 9.18. The van der Waals surface area contributed by atoms with Crippen LogP contribution in [0.3, 0.4) is 0 Å². The van der Waals surface area contributed by atoms with E-state index in [2.05, 4.69) is 0 Å². The second kappa shape index (κ2) is 5.07. The van der Waals surface area contributed by atoms with Gasteiger partial charge in [-0.15, -0.1) is 0 Å². The van der Waals surface area contributed by atoms with Crippen LogP contribution >= 0.6 is 0 Å². The Bertz CT molecular complexity index is 316. The van der Waals surface area contributed by atoms with Gasteiger partial charge in [-0.2, -0.15) is 0 Å². The molecule has 90 valence electrons. The highest BCUT2D eigenvalue weighted by molar-refractivity contribution is 6.07. The smallest absolute Gasteiger partial charge is 0.316 e. The summed E-state index contributed by atoms with van der Waals surface area (Å²) in [6.45, 7) is 2.65. The maximum Gasteiger partial charge on any atom is 0.316 e. The zero-order valence-electron chi connectivity index (χ0n) is 9.18. The van der Waals surface area contributed by atoms with E-state index in [-0.39, 0.29) is 11.9 Å². The zero-order chi connectivity index (χ0) is 12.3. The molecular formula is C10H16N2O4. The van der Waals surface area contributed by atoms with Gasteiger partial charge in [-0.1, -0.05) is 6.92 Å². The van der Waals surface area contributed by atoms with E-state index in [0.717, 1.165) is 11.4 Å². The Labute approximate surface area is 93.4 Å². The second-order valence-corrected chi connectivity index (χ2v) is 3.83. The van der Waals surface area contributed by atoms with E-state index < -0.39 is 17.8 Å². The van der Waals surface area contributed by atoms with Crippen molar-refractivity contribution in [3.63, 3.8) is 0 Å². The van der Waals surface area contributed by atoms with Gasteiger partial charge in [0.1, 0.15) is 5.92 Å². The van der Waals surface area contributed by atoms with Gasteiger partial charge in [0, 0.05) is 12.5 Å². The summed E-state index contributed by atoms with van der Waals surface area (Å²) in [4.78, 5) is 34.2. The molecule has 2 rings (SSSR count). The van der Waals surface area contributed by atoms with Crippen LogP contribution in [-0.4, -0.2) is 40.4 Å². The molecule has 0 aromatic carbocycles. The first-order chi connectivity index (χ1) is 7.52. The molecule has 0 saturated carbocycles. The van der Waals surface area contributed by atoms with Crippen LogP contribution < -0.4 is 5.73 Å². The minimum atomic E-state index is -1.12. The first-order valence-electron chi connectivity index (χ1n) is 5.31. The summed E-state index contributed by atoms with van der Waals surface area (Å²) in [5.74, 6) is -2.86. The van der Waals surface area contributed by atoms with Gasteiger partial charge in [-0.25, -0.2) is 0 Å². The number of rotatable bonds is 1.